The summed E-state index contributed by atoms with van der Waals surface area (Å²) in [7, 11) is 1.80. The Labute approximate surface area is 109 Å². The molecular formula is C14H23NO3. The molecule has 3 unspecified atom stereocenters. The summed E-state index contributed by atoms with van der Waals surface area (Å²) in [5.41, 5.74) is 0. The quantitative estimate of drug-likeness (QED) is 0.702. The Morgan fingerprint density at radius 3 is 2.61 bits per heavy atom. The summed E-state index contributed by atoms with van der Waals surface area (Å²) >= 11 is 0. The third-order valence-corrected chi connectivity index (χ3v) is 4.39. The predicted octanol–water partition coefficient (Wildman–Crippen LogP) is 1.83. The molecule has 2 bridgehead atoms. The molecule has 4 heteroatoms. The first-order valence-corrected chi connectivity index (χ1v) is 7.02. The van der Waals surface area contributed by atoms with Gasteiger partial charge in [-0.3, -0.25) is 9.59 Å². The van der Waals surface area contributed by atoms with E-state index in [2.05, 4.69) is 0 Å². The maximum absolute atomic E-state index is 12.3. The number of ether oxygens (including phenoxy) is 1. The highest BCUT2D eigenvalue weighted by atomic mass is 16.5. The zero-order valence-electron chi connectivity index (χ0n) is 11.4. The zero-order chi connectivity index (χ0) is 13.1. The van der Waals surface area contributed by atoms with E-state index in [-0.39, 0.29) is 17.8 Å². The van der Waals surface area contributed by atoms with Gasteiger partial charge in [-0.15, -0.1) is 0 Å². The zero-order valence-corrected chi connectivity index (χ0v) is 11.4. The van der Waals surface area contributed by atoms with Gasteiger partial charge in [-0.25, -0.2) is 0 Å². The van der Waals surface area contributed by atoms with E-state index in [0.29, 0.717) is 25.5 Å². The molecule has 0 N–H and O–H groups in total. The molecule has 0 aromatic heterocycles. The van der Waals surface area contributed by atoms with Crippen molar-refractivity contribution < 1.29 is 14.3 Å². The average Bonchev–Trinajstić information content (AvgIpc) is 2.97. The lowest BCUT2D eigenvalue weighted by Crippen LogP contribution is -2.36. The largest absolute Gasteiger partial charge is 0.466 e. The summed E-state index contributed by atoms with van der Waals surface area (Å²) < 4.78 is 4.87. The van der Waals surface area contributed by atoms with Crippen LogP contribution in [0.15, 0.2) is 0 Å². The fourth-order valence-electron chi connectivity index (χ4n) is 3.43. The highest BCUT2D eigenvalue weighted by molar-refractivity contribution is 5.80. The Kier molecular flexibility index (Phi) is 4.25. The van der Waals surface area contributed by atoms with Gasteiger partial charge in [0, 0.05) is 19.5 Å². The van der Waals surface area contributed by atoms with E-state index in [1.54, 1.807) is 18.9 Å². The van der Waals surface area contributed by atoms with Crippen LogP contribution < -0.4 is 0 Å². The van der Waals surface area contributed by atoms with E-state index in [1.165, 1.54) is 19.3 Å². The summed E-state index contributed by atoms with van der Waals surface area (Å²) in [5, 5.41) is 0. The Morgan fingerprint density at radius 2 is 2.06 bits per heavy atom. The lowest BCUT2D eigenvalue weighted by Gasteiger charge is -2.26. The van der Waals surface area contributed by atoms with Crippen molar-refractivity contribution in [2.75, 3.05) is 20.2 Å². The van der Waals surface area contributed by atoms with Gasteiger partial charge >= 0.3 is 5.97 Å². The smallest absolute Gasteiger partial charge is 0.307 e. The molecule has 4 nitrogen and oxygen atoms in total. The van der Waals surface area contributed by atoms with Crippen LogP contribution in [-0.4, -0.2) is 37.0 Å². The summed E-state index contributed by atoms with van der Waals surface area (Å²) in [5.74, 6) is 1.61. The third kappa shape index (κ3) is 2.85. The normalized spacial score (nSPS) is 29.3. The second-order valence-corrected chi connectivity index (χ2v) is 5.60. The van der Waals surface area contributed by atoms with Gasteiger partial charge in [-0.1, -0.05) is 6.42 Å². The fraction of sp³-hybridized carbons (Fsp3) is 0.857. The second kappa shape index (κ2) is 5.72. The van der Waals surface area contributed by atoms with E-state index in [9.17, 15) is 9.59 Å². The lowest BCUT2D eigenvalue weighted by molar-refractivity contribution is -0.144. The Balaban J connectivity index is 1.77. The number of nitrogens with zero attached hydrogens (tertiary/aromatic N) is 1. The first-order chi connectivity index (χ1) is 8.61. The number of carbonyl (C=O) groups is 2. The maximum Gasteiger partial charge on any atom is 0.307 e. The minimum Gasteiger partial charge on any atom is -0.466 e. The highest BCUT2D eigenvalue weighted by Crippen LogP contribution is 2.48. The van der Waals surface area contributed by atoms with Crippen LogP contribution in [0.25, 0.3) is 0 Å². The molecule has 2 rings (SSSR count). The van der Waals surface area contributed by atoms with Gasteiger partial charge in [0.05, 0.1) is 13.0 Å². The minimum atomic E-state index is -0.218. The monoisotopic (exact) mass is 253 g/mol. The van der Waals surface area contributed by atoms with Crippen molar-refractivity contribution in [2.24, 2.45) is 17.8 Å². The molecule has 0 saturated heterocycles. The highest BCUT2D eigenvalue weighted by Gasteiger charge is 2.43. The molecule has 2 aliphatic rings. The van der Waals surface area contributed by atoms with Crippen LogP contribution in [-0.2, 0) is 14.3 Å². The van der Waals surface area contributed by atoms with E-state index >= 15 is 0 Å². The first kappa shape index (κ1) is 13.4. The van der Waals surface area contributed by atoms with Crippen molar-refractivity contribution in [3.05, 3.63) is 0 Å². The molecule has 0 aromatic carbocycles. The Bertz CT molecular complexity index is 329. The molecule has 1 amide bonds. The second-order valence-electron chi connectivity index (χ2n) is 5.60. The van der Waals surface area contributed by atoms with Crippen LogP contribution in [0.5, 0.6) is 0 Å². The number of rotatable bonds is 5. The molecule has 102 valence electrons. The van der Waals surface area contributed by atoms with E-state index in [0.717, 1.165) is 12.3 Å². The number of carbonyl (C=O) groups excluding carboxylic acids is 2. The summed E-state index contributed by atoms with van der Waals surface area (Å²) in [6.45, 7) is 2.68. The first-order valence-electron chi connectivity index (χ1n) is 7.02. The maximum atomic E-state index is 12.3. The van der Waals surface area contributed by atoms with Gasteiger partial charge in [0.15, 0.2) is 0 Å². The molecule has 2 aliphatic carbocycles. The molecule has 0 radical (unpaired) electrons. The van der Waals surface area contributed by atoms with Crippen molar-refractivity contribution in [2.45, 2.75) is 39.0 Å². The van der Waals surface area contributed by atoms with Crippen LogP contribution in [0.1, 0.15) is 39.0 Å². The summed E-state index contributed by atoms with van der Waals surface area (Å²) in [6.07, 6.45) is 5.13. The number of hydrogen-bond acceptors (Lipinski definition) is 3. The molecular weight excluding hydrogens is 230 g/mol. The van der Waals surface area contributed by atoms with Gasteiger partial charge in [0.2, 0.25) is 5.91 Å². The fourth-order valence-corrected chi connectivity index (χ4v) is 3.43. The van der Waals surface area contributed by atoms with Crippen molar-refractivity contribution in [3.63, 3.8) is 0 Å². The van der Waals surface area contributed by atoms with Gasteiger partial charge in [-0.2, -0.15) is 0 Å². The average molecular weight is 253 g/mol. The van der Waals surface area contributed by atoms with Gasteiger partial charge < -0.3 is 9.64 Å². The van der Waals surface area contributed by atoms with Crippen molar-refractivity contribution in [1.82, 2.24) is 4.90 Å². The van der Waals surface area contributed by atoms with Gasteiger partial charge in [0.25, 0.3) is 0 Å². The molecule has 18 heavy (non-hydrogen) atoms. The molecule has 0 heterocycles. The molecule has 0 spiro atoms. The van der Waals surface area contributed by atoms with Crippen LogP contribution >= 0.6 is 0 Å². The van der Waals surface area contributed by atoms with Crippen LogP contribution in [0.4, 0.5) is 0 Å². The van der Waals surface area contributed by atoms with Crippen LogP contribution in [0, 0.1) is 17.8 Å². The molecule has 3 atom stereocenters. The molecule has 2 fully saturated rings. The van der Waals surface area contributed by atoms with Crippen LogP contribution in [0.3, 0.4) is 0 Å². The van der Waals surface area contributed by atoms with Crippen molar-refractivity contribution in [1.29, 1.82) is 0 Å². The Hall–Kier alpha value is -1.06. The lowest BCUT2D eigenvalue weighted by atomic mass is 9.88. The number of amides is 1. The topological polar surface area (TPSA) is 46.6 Å². The molecule has 0 aromatic rings. The van der Waals surface area contributed by atoms with Crippen LogP contribution in [0.2, 0.25) is 0 Å². The van der Waals surface area contributed by atoms with E-state index in [4.69, 9.17) is 4.74 Å². The summed E-state index contributed by atoms with van der Waals surface area (Å²) in [6, 6.07) is 0. The van der Waals surface area contributed by atoms with E-state index in [1.807, 2.05) is 0 Å². The number of esters is 1. The number of fused-ring (bicyclic) bond motifs is 2. The van der Waals surface area contributed by atoms with Crippen molar-refractivity contribution >= 4 is 11.9 Å². The third-order valence-electron chi connectivity index (χ3n) is 4.39. The van der Waals surface area contributed by atoms with Gasteiger partial charge in [-0.05, 0) is 38.0 Å². The minimum absolute atomic E-state index is 0.218. The number of hydrogen-bond donors (Lipinski definition) is 0. The molecule has 2 saturated carbocycles. The van der Waals surface area contributed by atoms with Crippen molar-refractivity contribution in [3.8, 4) is 0 Å². The summed E-state index contributed by atoms with van der Waals surface area (Å²) in [4.78, 5) is 25.2. The van der Waals surface area contributed by atoms with E-state index < -0.39 is 0 Å². The predicted molar refractivity (Wildman–Crippen MR) is 67.8 cm³/mol. The standard InChI is InChI=1S/C14H23NO3/c1-3-18-13(16)6-7-15(2)14(17)12-9-10-4-5-11(12)8-10/h10-12H,3-9H2,1-2H3. The van der Waals surface area contributed by atoms with Gasteiger partial charge in [0.1, 0.15) is 0 Å². The SMILES string of the molecule is CCOC(=O)CCN(C)C(=O)C1CC2CCC1C2. The molecule has 0 aliphatic heterocycles. The Morgan fingerprint density at radius 1 is 1.28 bits per heavy atom.